The first-order valence-corrected chi connectivity index (χ1v) is 7.28. The summed E-state index contributed by atoms with van der Waals surface area (Å²) in [6, 6.07) is 5.04. The van der Waals surface area contributed by atoms with E-state index >= 15 is 0 Å². The molecule has 116 valence electrons. The van der Waals surface area contributed by atoms with Crippen molar-refractivity contribution < 1.29 is 24.1 Å². The molecule has 0 fully saturated rings. The summed E-state index contributed by atoms with van der Waals surface area (Å²) < 4.78 is 5.02. The number of carbonyl (C=O) groups is 2. The Kier molecular flexibility index (Phi) is 7.46. The van der Waals surface area contributed by atoms with Gasteiger partial charge in [-0.1, -0.05) is 32.4 Å². The number of benzene rings is 1. The Labute approximate surface area is 125 Å². The van der Waals surface area contributed by atoms with Crippen LogP contribution in [0.25, 0.3) is 0 Å². The third kappa shape index (κ3) is 4.86. The Balaban J connectivity index is 2.94. The van der Waals surface area contributed by atoms with E-state index in [0.717, 1.165) is 18.4 Å². The average Bonchev–Trinajstić information content (AvgIpc) is 2.50. The zero-order valence-corrected chi connectivity index (χ0v) is 12.8. The summed E-state index contributed by atoms with van der Waals surface area (Å²) in [6.45, 7) is 6.22. The maximum atomic E-state index is 12.1. The number of carbonyl (C=O) groups excluding carboxylic acids is 2. The maximum absolute atomic E-state index is 12.1. The van der Waals surface area contributed by atoms with Gasteiger partial charge in [-0.2, -0.15) is 4.89 Å². The van der Waals surface area contributed by atoms with Gasteiger partial charge < -0.3 is 4.74 Å². The van der Waals surface area contributed by atoms with Gasteiger partial charge in [0.1, 0.15) is 0 Å². The quantitative estimate of drug-likeness (QED) is 0.318. The van der Waals surface area contributed by atoms with Crippen LogP contribution in [-0.2, 0) is 20.9 Å². The largest absolute Gasteiger partial charge is 0.462 e. The predicted molar refractivity (Wildman–Crippen MR) is 78.1 cm³/mol. The van der Waals surface area contributed by atoms with Gasteiger partial charge in [-0.05, 0) is 31.4 Å². The molecule has 5 heteroatoms. The van der Waals surface area contributed by atoms with Gasteiger partial charge in [0.2, 0.25) is 0 Å². The minimum atomic E-state index is -0.676. The molecule has 1 rings (SSSR count). The van der Waals surface area contributed by atoms with Gasteiger partial charge in [0.05, 0.1) is 24.3 Å². The fourth-order valence-electron chi connectivity index (χ4n) is 1.85. The van der Waals surface area contributed by atoms with Crippen molar-refractivity contribution in [3.05, 3.63) is 34.9 Å². The minimum absolute atomic E-state index is 0.171. The predicted octanol–water partition coefficient (Wildman–Crippen LogP) is 3.31. The Hall–Kier alpha value is -1.88. The highest BCUT2D eigenvalue weighted by Gasteiger charge is 2.22. The van der Waals surface area contributed by atoms with Gasteiger partial charge >= 0.3 is 11.9 Å². The summed E-state index contributed by atoms with van der Waals surface area (Å²) >= 11 is 0. The highest BCUT2D eigenvalue weighted by molar-refractivity contribution is 6.04. The van der Waals surface area contributed by atoms with E-state index in [1.54, 1.807) is 19.1 Å². The zero-order chi connectivity index (χ0) is 15.7. The maximum Gasteiger partial charge on any atom is 0.373 e. The van der Waals surface area contributed by atoms with E-state index in [0.29, 0.717) is 13.0 Å². The van der Waals surface area contributed by atoms with Crippen LogP contribution in [-0.4, -0.2) is 25.2 Å². The SMILES string of the molecule is CCCCOOC(=O)c1cccc(CC)c1C(=O)OCC. The summed E-state index contributed by atoms with van der Waals surface area (Å²) in [7, 11) is 0. The zero-order valence-electron chi connectivity index (χ0n) is 12.8. The van der Waals surface area contributed by atoms with Crippen molar-refractivity contribution in [3.63, 3.8) is 0 Å². The normalized spacial score (nSPS) is 10.2. The number of esters is 1. The lowest BCUT2D eigenvalue weighted by Gasteiger charge is -2.11. The fourth-order valence-corrected chi connectivity index (χ4v) is 1.85. The number of hydrogen-bond donors (Lipinski definition) is 0. The molecule has 0 unspecified atom stereocenters. The highest BCUT2D eigenvalue weighted by Crippen LogP contribution is 2.18. The number of rotatable bonds is 8. The minimum Gasteiger partial charge on any atom is -0.462 e. The molecule has 0 aromatic heterocycles. The van der Waals surface area contributed by atoms with Crippen LogP contribution in [0.1, 0.15) is 59.9 Å². The Bertz CT molecular complexity index is 482. The summed E-state index contributed by atoms with van der Waals surface area (Å²) in [5, 5.41) is 0. The average molecular weight is 294 g/mol. The van der Waals surface area contributed by atoms with Crippen molar-refractivity contribution in [1.29, 1.82) is 0 Å². The van der Waals surface area contributed by atoms with Gasteiger partial charge in [0.25, 0.3) is 0 Å². The van der Waals surface area contributed by atoms with E-state index in [9.17, 15) is 9.59 Å². The van der Waals surface area contributed by atoms with E-state index in [2.05, 4.69) is 0 Å². The second-order valence-corrected chi connectivity index (χ2v) is 4.46. The third-order valence-electron chi connectivity index (χ3n) is 2.95. The van der Waals surface area contributed by atoms with E-state index in [1.807, 2.05) is 13.8 Å². The van der Waals surface area contributed by atoms with Gasteiger partial charge in [0.15, 0.2) is 0 Å². The van der Waals surface area contributed by atoms with Gasteiger partial charge in [-0.3, -0.25) is 4.89 Å². The first-order valence-electron chi connectivity index (χ1n) is 7.28. The van der Waals surface area contributed by atoms with Crippen molar-refractivity contribution in [3.8, 4) is 0 Å². The smallest absolute Gasteiger partial charge is 0.373 e. The van der Waals surface area contributed by atoms with Crippen LogP contribution in [0.2, 0.25) is 0 Å². The van der Waals surface area contributed by atoms with Gasteiger partial charge in [0, 0.05) is 0 Å². The highest BCUT2D eigenvalue weighted by atomic mass is 17.2. The molecular weight excluding hydrogens is 272 g/mol. The lowest BCUT2D eigenvalue weighted by Crippen LogP contribution is -2.16. The van der Waals surface area contributed by atoms with Crippen molar-refractivity contribution >= 4 is 11.9 Å². The molecule has 0 N–H and O–H groups in total. The molecule has 0 aliphatic heterocycles. The Morgan fingerprint density at radius 2 is 1.86 bits per heavy atom. The molecule has 0 bridgehead atoms. The van der Waals surface area contributed by atoms with Gasteiger partial charge in [-0.15, -0.1) is 0 Å². The van der Waals surface area contributed by atoms with E-state index in [1.165, 1.54) is 6.07 Å². The van der Waals surface area contributed by atoms with Crippen molar-refractivity contribution in [2.24, 2.45) is 0 Å². The van der Waals surface area contributed by atoms with Crippen LogP contribution in [0.3, 0.4) is 0 Å². The second-order valence-electron chi connectivity index (χ2n) is 4.46. The molecule has 0 radical (unpaired) electrons. The molecule has 0 spiro atoms. The molecule has 0 saturated carbocycles. The van der Waals surface area contributed by atoms with Crippen molar-refractivity contribution in [1.82, 2.24) is 0 Å². The van der Waals surface area contributed by atoms with E-state index < -0.39 is 11.9 Å². The summed E-state index contributed by atoms with van der Waals surface area (Å²) in [4.78, 5) is 33.7. The van der Waals surface area contributed by atoms with Crippen LogP contribution in [0.5, 0.6) is 0 Å². The van der Waals surface area contributed by atoms with Gasteiger partial charge in [-0.25, -0.2) is 9.59 Å². The van der Waals surface area contributed by atoms with Crippen molar-refractivity contribution in [2.75, 3.05) is 13.2 Å². The molecule has 0 aliphatic rings. The van der Waals surface area contributed by atoms with Crippen LogP contribution >= 0.6 is 0 Å². The van der Waals surface area contributed by atoms with Crippen molar-refractivity contribution in [2.45, 2.75) is 40.0 Å². The number of hydrogen-bond acceptors (Lipinski definition) is 5. The van der Waals surface area contributed by atoms with Crippen LogP contribution in [0, 0.1) is 0 Å². The van der Waals surface area contributed by atoms with E-state index in [-0.39, 0.29) is 17.7 Å². The number of unbranched alkanes of at least 4 members (excludes halogenated alkanes) is 1. The molecule has 0 amide bonds. The molecule has 21 heavy (non-hydrogen) atoms. The fraction of sp³-hybridized carbons (Fsp3) is 0.500. The molecule has 0 aliphatic carbocycles. The lowest BCUT2D eigenvalue weighted by atomic mass is 9.99. The molecule has 0 atom stereocenters. The first kappa shape index (κ1) is 17.2. The Morgan fingerprint density at radius 1 is 1.10 bits per heavy atom. The van der Waals surface area contributed by atoms with Crippen LogP contribution in [0.4, 0.5) is 0 Å². The molecular formula is C16H22O5. The molecule has 0 saturated heterocycles. The number of ether oxygens (including phenoxy) is 1. The van der Waals surface area contributed by atoms with Crippen LogP contribution in [0.15, 0.2) is 18.2 Å². The molecule has 1 aromatic carbocycles. The summed E-state index contributed by atoms with van der Waals surface area (Å²) in [6.07, 6.45) is 2.36. The molecule has 1 aromatic rings. The molecule has 0 heterocycles. The third-order valence-corrected chi connectivity index (χ3v) is 2.95. The van der Waals surface area contributed by atoms with E-state index in [4.69, 9.17) is 14.5 Å². The van der Waals surface area contributed by atoms with Crippen LogP contribution < -0.4 is 0 Å². The summed E-state index contributed by atoms with van der Waals surface area (Å²) in [5.74, 6) is -1.19. The first-order chi connectivity index (χ1) is 10.2. The number of aryl methyl sites for hydroxylation is 1. The summed E-state index contributed by atoms with van der Waals surface area (Å²) in [5.41, 5.74) is 1.17. The topological polar surface area (TPSA) is 61.8 Å². The standard InChI is InChI=1S/C16H22O5/c1-4-7-11-20-21-15(17)13-10-8-9-12(5-2)14(13)16(18)19-6-3/h8-10H,4-7,11H2,1-3H3. The molecule has 5 nitrogen and oxygen atoms in total. The second kappa shape index (κ2) is 9.13. The lowest BCUT2D eigenvalue weighted by molar-refractivity contribution is -0.241. The Morgan fingerprint density at radius 3 is 2.48 bits per heavy atom. The monoisotopic (exact) mass is 294 g/mol.